The van der Waals surface area contributed by atoms with Crippen molar-refractivity contribution >= 4 is 0 Å². The van der Waals surface area contributed by atoms with Gasteiger partial charge in [0.25, 0.3) is 0 Å². The first-order valence-electron chi connectivity index (χ1n) is 6.37. The number of hydrogen-bond donors (Lipinski definition) is 1. The second-order valence-electron chi connectivity index (χ2n) is 5.24. The van der Waals surface area contributed by atoms with Crippen molar-refractivity contribution in [2.75, 3.05) is 19.6 Å². The lowest BCUT2D eigenvalue weighted by Crippen LogP contribution is -2.33. The van der Waals surface area contributed by atoms with Crippen LogP contribution in [0.1, 0.15) is 39.0 Å². The zero-order valence-corrected chi connectivity index (χ0v) is 9.97. The normalized spacial score (nSPS) is 26.1. The highest BCUT2D eigenvalue weighted by molar-refractivity contribution is 4.97. The molecule has 0 radical (unpaired) electrons. The molecule has 1 saturated carbocycles. The first kappa shape index (κ1) is 11.2. The number of nitrogens with one attached hydrogen (secondary N) is 1. The molecular formula is C13H24N2. The van der Waals surface area contributed by atoms with Gasteiger partial charge in [-0.2, -0.15) is 0 Å². The monoisotopic (exact) mass is 208 g/mol. The average Bonchev–Trinajstić information content (AvgIpc) is 2.90. The predicted octanol–water partition coefficient (Wildman–Crippen LogP) is 2.17. The zero-order chi connectivity index (χ0) is 10.7. The van der Waals surface area contributed by atoms with E-state index in [1.165, 1.54) is 50.8 Å². The third-order valence-electron chi connectivity index (χ3n) is 3.46. The molecule has 1 atom stereocenters. The molecule has 15 heavy (non-hydrogen) atoms. The van der Waals surface area contributed by atoms with Gasteiger partial charge in [-0.05, 0) is 45.6 Å². The third-order valence-corrected chi connectivity index (χ3v) is 3.46. The maximum Gasteiger partial charge on any atom is 0.0190 e. The Kier molecular flexibility index (Phi) is 3.81. The SMILES string of the molecule is C=C(C)CN(CCC1CCCN1)C1CC1. The van der Waals surface area contributed by atoms with E-state index in [-0.39, 0.29) is 0 Å². The van der Waals surface area contributed by atoms with E-state index >= 15 is 0 Å². The summed E-state index contributed by atoms with van der Waals surface area (Å²) in [6, 6.07) is 1.67. The summed E-state index contributed by atoms with van der Waals surface area (Å²) >= 11 is 0. The Morgan fingerprint density at radius 1 is 1.40 bits per heavy atom. The fraction of sp³-hybridized carbons (Fsp3) is 0.846. The Morgan fingerprint density at radius 2 is 2.20 bits per heavy atom. The topological polar surface area (TPSA) is 15.3 Å². The molecule has 2 heteroatoms. The van der Waals surface area contributed by atoms with Gasteiger partial charge in [-0.15, -0.1) is 0 Å². The van der Waals surface area contributed by atoms with Crippen molar-refractivity contribution in [1.82, 2.24) is 10.2 Å². The van der Waals surface area contributed by atoms with Gasteiger partial charge in [0.1, 0.15) is 0 Å². The van der Waals surface area contributed by atoms with E-state index in [1.54, 1.807) is 0 Å². The van der Waals surface area contributed by atoms with E-state index in [0.29, 0.717) is 0 Å². The fourth-order valence-corrected chi connectivity index (χ4v) is 2.50. The molecule has 1 N–H and O–H groups in total. The van der Waals surface area contributed by atoms with Gasteiger partial charge in [0.05, 0.1) is 0 Å². The molecule has 1 aliphatic heterocycles. The summed E-state index contributed by atoms with van der Waals surface area (Å²) in [5, 5.41) is 3.58. The summed E-state index contributed by atoms with van der Waals surface area (Å²) in [6.07, 6.45) is 6.89. The van der Waals surface area contributed by atoms with Crippen molar-refractivity contribution in [3.05, 3.63) is 12.2 Å². The third kappa shape index (κ3) is 3.62. The molecule has 2 fully saturated rings. The van der Waals surface area contributed by atoms with Crippen LogP contribution >= 0.6 is 0 Å². The molecule has 2 nitrogen and oxygen atoms in total. The van der Waals surface area contributed by atoms with Gasteiger partial charge >= 0.3 is 0 Å². The quantitative estimate of drug-likeness (QED) is 0.673. The maximum absolute atomic E-state index is 4.03. The predicted molar refractivity (Wildman–Crippen MR) is 65.1 cm³/mol. The number of hydrogen-bond acceptors (Lipinski definition) is 2. The van der Waals surface area contributed by atoms with Crippen LogP contribution in [-0.4, -0.2) is 36.6 Å². The molecule has 2 rings (SSSR count). The van der Waals surface area contributed by atoms with E-state index in [9.17, 15) is 0 Å². The summed E-state index contributed by atoms with van der Waals surface area (Å²) in [7, 11) is 0. The van der Waals surface area contributed by atoms with Gasteiger partial charge in [0.2, 0.25) is 0 Å². The highest BCUT2D eigenvalue weighted by Crippen LogP contribution is 2.27. The fourth-order valence-electron chi connectivity index (χ4n) is 2.50. The van der Waals surface area contributed by atoms with Crippen molar-refractivity contribution < 1.29 is 0 Å². The molecule has 0 aromatic heterocycles. The van der Waals surface area contributed by atoms with Gasteiger partial charge in [-0.1, -0.05) is 12.2 Å². The largest absolute Gasteiger partial charge is 0.314 e. The Balaban J connectivity index is 1.70. The molecule has 0 aromatic carbocycles. The lowest BCUT2D eigenvalue weighted by atomic mass is 10.1. The number of nitrogens with zero attached hydrogens (tertiary/aromatic N) is 1. The van der Waals surface area contributed by atoms with Crippen molar-refractivity contribution in [2.45, 2.75) is 51.1 Å². The van der Waals surface area contributed by atoms with Gasteiger partial charge in [-0.3, -0.25) is 4.90 Å². The lowest BCUT2D eigenvalue weighted by Gasteiger charge is -2.23. The summed E-state index contributed by atoms with van der Waals surface area (Å²) in [5.41, 5.74) is 1.31. The second kappa shape index (κ2) is 5.13. The van der Waals surface area contributed by atoms with Gasteiger partial charge in [0.15, 0.2) is 0 Å². The van der Waals surface area contributed by atoms with Crippen LogP contribution in [0.4, 0.5) is 0 Å². The molecule has 1 unspecified atom stereocenters. The molecule has 2 aliphatic rings. The van der Waals surface area contributed by atoms with E-state index in [1.807, 2.05) is 0 Å². The van der Waals surface area contributed by atoms with E-state index in [0.717, 1.165) is 18.6 Å². The van der Waals surface area contributed by atoms with Crippen LogP contribution in [0.3, 0.4) is 0 Å². The van der Waals surface area contributed by atoms with Crippen LogP contribution in [0.2, 0.25) is 0 Å². The summed E-state index contributed by atoms with van der Waals surface area (Å²) in [4.78, 5) is 2.63. The second-order valence-corrected chi connectivity index (χ2v) is 5.24. The van der Waals surface area contributed by atoms with Crippen molar-refractivity contribution in [3.8, 4) is 0 Å². The first-order valence-corrected chi connectivity index (χ1v) is 6.37. The minimum absolute atomic E-state index is 0.788. The minimum atomic E-state index is 0.788. The molecule has 1 saturated heterocycles. The van der Waals surface area contributed by atoms with Crippen molar-refractivity contribution in [1.29, 1.82) is 0 Å². The summed E-state index contributed by atoms with van der Waals surface area (Å²) in [6.45, 7) is 9.77. The van der Waals surface area contributed by atoms with Crippen LogP contribution in [0.5, 0.6) is 0 Å². The Morgan fingerprint density at radius 3 is 2.73 bits per heavy atom. The van der Waals surface area contributed by atoms with Gasteiger partial charge < -0.3 is 5.32 Å². The van der Waals surface area contributed by atoms with Crippen LogP contribution in [-0.2, 0) is 0 Å². The smallest absolute Gasteiger partial charge is 0.0190 e. The van der Waals surface area contributed by atoms with E-state index in [2.05, 4.69) is 23.7 Å². The van der Waals surface area contributed by atoms with Crippen LogP contribution in [0.15, 0.2) is 12.2 Å². The van der Waals surface area contributed by atoms with Crippen LogP contribution in [0.25, 0.3) is 0 Å². The standard InChI is InChI=1S/C13H24N2/c1-11(2)10-15(13-5-6-13)9-7-12-4-3-8-14-12/h12-14H,1,3-10H2,2H3. The highest BCUT2D eigenvalue weighted by atomic mass is 15.2. The van der Waals surface area contributed by atoms with Gasteiger partial charge in [0, 0.05) is 25.2 Å². The molecule has 1 aliphatic carbocycles. The van der Waals surface area contributed by atoms with E-state index < -0.39 is 0 Å². The number of rotatable bonds is 6. The summed E-state index contributed by atoms with van der Waals surface area (Å²) < 4.78 is 0. The Bertz CT molecular complexity index is 215. The minimum Gasteiger partial charge on any atom is -0.314 e. The van der Waals surface area contributed by atoms with Gasteiger partial charge in [-0.25, -0.2) is 0 Å². The Hall–Kier alpha value is -0.340. The molecule has 86 valence electrons. The molecule has 0 bridgehead atoms. The zero-order valence-electron chi connectivity index (χ0n) is 9.97. The lowest BCUT2D eigenvalue weighted by molar-refractivity contribution is 0.270. The van der Waals surface area contributed by atoms with Crippen LogP contribution < -0.4 is 5.32 Å². The average molecular weight is 208 g/mol. The van der Waals surface area contributed by atoms with Crippen molar-refractivity contribution in [2.24, 2.45) is 0 Å². The molecule has 0 spiro atoms. The Labute approximate surface area is 93.7 Å². The van der Waals surface area contributed by atoms with Crippen LogP contribution in [0, 0.1) is 0 Å². The van der Waals surface area contributed by atoms with E-state index in [4.69, 9.17) is 0 Å². The molecule has 0 aromatic rings. The maximum atomic E-state index is 4.03. The van der Waals surface area contributed by atoms with Crippen molar-refractivity contribution in [3.63, 3.8) is 0 Å². The molecule has 1 heterocycles. The highest BCUT2D eigenvalue weighted by Gasteiger charge is 2.29. The summed E-state index contributed by atoms with van der Waals surface area (Å²) in [5.74, 6) is 0. The first-order chi connectivity index (χ1) is 7.25. The molecule has 0 amide bonds. The molecular weight excluding hydrogens is 184 g/mol.